The van der Waals surface area contributed by atoms with Gasteiger partial charge in [-0.2, -0.15) is 0 Å². The molecule has 0 aliphatic rings. The molecule has 1 aromatic rings. The molecule has 0 amide bonds. The van der Waals surface area contributed by atoms with Crippen LogP contribution in [-0.4, -0.2) is 0 Å². The van der Waals surface area contributed by atoms with Crippen molar-refractivity contribution in [1.29, 1.82) is 0 Å². The van der Waals surface area contributed by atoms with E-state index >= 15 is 0 Å². The van der Waals surface area contributed by atoms with E-state index in [4.69, 9.17) is 11.6 Å². The van der Waals surface area contributed by atoms with Gasteiger partial charge in [0.05, 0.1) is 0 Å². The van der Waals surface area contributed by atoms with Crippen molar-refractivity contribution in [3.63, 3.8) is 0 Å². The van der Waals surface area contributed by atoms with Crippen molar-refractivity contribution in [3.8, 4) is 0 Å². The van der Waals surface area contributed by atoms with E-state index in [0.717, 1.165) is 11.4 Å². The molecule has 1 heteroatoms. The van der Waals surface area contributed by atoms with E-state index in [1.54, 1.807) is 0 Å². The average molecular weight is 183 g/mol. The maximum Gasteiger partial charge on any atom is 0.0472 e. The number of aryl methyl sites for hydroxylation is 1. The summed E-state index contributed by atoms with van der Waals surface area (Å²) in [5.41, 5.74) is 2.51. The van der Waals surface area contributed by atoms with Crippen LogP contribution in [0, 0.1) is 0 Å². The first-order valence-corrected chi connectivity index (χ1v) is 4.81. The van der Waals surface area contributed by atoms with Crippen LogP contribution in [0.1, 0.15) is 37.8 Å². The van der Waals surface area contributed by atoms with Gasteiger partial charge in [0.15, 0.2) is 0 Å². The summed E-state index contributed by atoms with van der Waals surface area (Å²) in [5.74, 6) is 0.518. The van der Waals surface area contributed by atoms with Crippen LogP contribution in [0.2, 0.25) is 5.02 Å². The Balaban J connectivity index is 3.14. The molecule has 1 aromatic carbocycles. The molecule has 0 saturated carbocycles. The number of benzene rings is 1. The maximum atomic E-state index is 6.20. The third-order valence-electron chi connectivity index (χ3n) is 2.11. The zero-order valence-corrected chi connectivity index (χ0v) is 8.65. The van der Waals surface area contributed by atoms with Crippen molar-refractivity contribution < 1.29 is 0 Å². The zero-order valence-electron chi connectivity index (χ0n) is 7.89. The average Bonchev–Trinajstić information content (AvgIpc) is 2.04. The lowest BCUT2D eigenvalue weighted by atomic mass is 10.00. The van der Waals surface area contributed by atoms with E-state index in [1.807, 2.05) is 0 Å². The van der Waals surface area contributed by atoms with Crippen LogP contribution >= 0.6 is 11.6 Å². The molecule has 0 fully saturated rings. The van der Waals surface area contributed by atoms with E-state index in [-0.39, 0.29) is 0 Å². The zero-order chi connectivity index (χ0) is 9.14. The fourth-order valence-electron chi connectivity index (χ4n) is 1.32. The monoisotopic (exact) mass is 182 g/mol. The van der Waals surface area contributed by atoms with Gasteiger partial charge in [0.1, 0.15) is 0 Å². The van der Waals surface area contributed by atoms with E-state index in [9.17, 15) is 0 Å². The van der Waals surface area contributed by atoms with E-state index < -0.39 is 0 Å². The second kappa shape index (κ2) is 3.95. The molecule has 0 nitrogen and oxygen atoms in total. The molecule has 0 atom stereocenters. The third kappa shape index (κ3) is 1.81. The summed E-state index contributed by atoms with van der Waals surface area (Å²) >= 11 is 6.20. The lowest BCUT2D eigenvalue weighted by molar-refractivity contribution is 0.863. The van der Waals surface area contributed by atoms with E-state index in [2.05, 4.69) is 39.0 Å². The van der Waals surface area contributed by atoms with Crippen LogP contribution in [0.25, 0.3) is 0 Å². The second-order valence-corrected chi connectivity index (χ2v) is 3.71. The van der Waals surface area contributed by atoms with Crippen LogP contribution in [-0.2, 0) is 6.42 Å². The Morgan fingerprint density at radius 1 is 1.33 bits per heavy atom. The predicted molar refractivity (Wildman–Crippen MR) is 54.9 cm³/mol. The van der Waals surface area contributed by atoms with Gasteiger partial charge in [0.25, 0.3) is 0 Å². The highest BCUT2D eigenvalue weighted by molar-refractivity contribution is 6.32. The van der Waals surface area contributed by atoms with Gasteiger partial charge in [-0.3, -0.25) is 0 Å². The molecule has 1 rings (SSSR count). The van der Waals surface area contributed by atoms with Crippen LogP contribution in [0.15, 0.2) is 18.2 Å². The molecular weight excluding hydrogens is 168 g/mol. The Labute approximate surface area is 79.6 Å². The fraction of sp³-hybridized carbons (Fsp3) is 0.455. The Morgan fingerprint density at radius 3 is 2.50 bits per heavy atom. The van der Waals surface area contributed by atoms with Gasteiger partial charge in [0, 0.05) is 5.02 Å². The molecule has 0 bridgehead atoms. The highest BCUT2D eigenvalue weighted by atomic mass is 35.5. The molecule has 0 N–H and O–H groups in total. The smallest absolute Gasteiger partial charge is 0.0472 e. The molecule has 66 valence electrons. The van der Waals surface area contributed by atoms with E-state index in [0.29, 0.717) is 5.92 Å². The second-order valence-electron chi connectivity index (χ2n) is 3.33. The SMILES string of the molecule is CCc1cccc(C(C)C)c1Cl. The van der Waals surface area contributed by atoms with Gasteiger partial charge in [-0.15, -0.1) is 0 Å². The molecule has 0 heterocycles. The Morgan fingerprint density at radius 2 is 2.00 bits per heavy atom. The molecule has 0 spiro atoms. The predicted octanol–water partition coefficient (Wildman–Crippen LogP) is 4.03. The summed E-state index contributed by atoms with van der Waals surface area (Å²) in [6.45, 7) is 6.46. The summed E-state index contributed by atoms with van der Waals surface area (Å²) in [4.78, 5) is 0. The van der Waals surface area contributed by atoms with Gasteiger partial charge >= 0.3 is 0 Å². The van der Waals surface area contributed by atoms with Crippen LogP contribution in [0.3, 0.4) is 0 Å². The van der Waals surface area contributed by atoms with Crippen molar-refractivity contribution in [2.24, 2.45) is 0 Å². The molecule has 0 saturated heterocycles. The Kier molecular flexibility index (Phi) is 3.16. The number of hydrogen-bond acceptors (Lipinski definition) is 0. The van der Waals surface area contributed by atoms with Gasteiger partial charge in [-0.25, -0.2) is 0 Å². The number of hydrogen-bond donors (Lipinski definition) is 0. The molecule has 0 radical (unpaired) electrons. The summed E-state index contributed by atoms with van der Waals surface area (Å²) in [6, 6.07) is 6.28. The first kappa shape index (κ1) is 9.60. The quantitative estimate of drug-likeness (QED) is 0.648. The molecule has 0 aromatic heterocycles. The molecular formula is C11H15Cl. The minimum atomic E-state index is 0.518. The van der Waals surface area contributed by atoms with Crippen molar-refractivity contribution >= 4 is 11.6 Å². The normalized spacial score (nSPS) is 10.8. The van der Waals surface area contributed by atoms with Crippen molar-refractivity contribution in [2.75, 3.05) is 0 Å². The number of halogens is 1. The van der Waals surface area contributed by atoms with Crippen molar-refractivity contribution in [2.45, 2.75) is 33.1 Å². The van der Waals surface area contributed by atoms with Gasteiger partial charge in [-0.05, 0) is 23.5 Å². The first-order chi connectivity index (χ1) is 5.66. The summed E-state index contributed by atoms with van der Waals surface area (Å²) < 4.78 is 0. The van der Waals surface area contributed by atoms with E-state index in [1.165, 1.54) is 11.1 Å². The first-order valence-electron chi connectivity index (χ1n) is 4.44. The van der Waals surface area contributed by atoms with Crippen molar-refractivity contribution in [1.82, 2.24) is 0 Å². The molecule has 0 unspecified atom stereocenters. The summed E-state index contributed by atoms with van der Waals surface area (Å²) in [5, 5.41) is 0.954. The van der Waals surface area contributed by atoms with Crippen molar-refractivity contribution in [3.05, 3.63) is 34.3 Å². The summed E-state index contributed by atoms with van der Waals surface area (Å²) in [7, 11) is 0. The molecule has 0 aliphatic carbocycles. The third-order valence-corrected chi connectivity index (χ3v) is 2.57. The largest absolute Gasteiger partial charge is 0.0837 e. The maximum absolute atomic E-state index is 6.20. The minimum Gasteiger partial charge on any atom is -0.0837 e. The van der Waals surface area contributed by atoms with Gasteiger partial charge in [-0.1, -0.05) is 50.6 Å². The van der Waals surface area contributed by atoms with Crippen LogP contribution < -0.4 is 0 Å². The van der Waals surface area contributed by atoms with Gasteiger partial charge < -0.3 is 0 Å². The van der Waals surface area contributed by atoms with Gasteiger partial charge in [0.2, 0.25) is 0 Å². The standard InChI is InChI=1S/C11H15Cl/c1-4-9-6-5-7-10(8(2)3)11(9)12/h5-8H,4H2,1-3H3. The van der Waals surface area contributed by atoms with Crippen LogP contribution in [0.5, 0.6) is 0 Å². The highest BCUT2D eigenvalue weighted by Gasteiger charge is 2.06. The minimum absolute atomic E-state index is 0.518. The summed E-state index contributed by atoms with van der Waals surface area (Å²) in [6.07, 6.45) is 1.01. The molecule has 12 heavy (non-hydrogen) atoms. The topological polar surface area (TPSA) is 0 Å². The fourth-order valence-corrected chi connectivity index (χ4v) is 1.80. The highest BCUT2D eigenvalue weighted by Crippen LogP contribution is 2.27. The lowest BCUT2D eigenvalue weighted by Crippen LogP contribution is -1.92. The Hall–Kier alpha value is -0.490. The Bertz CT molecular complexity index is 264. The number of rotatable bonds is 2. The van der Waals surface area contributed by atoms with Crippen LogP contribution in [0.4, 0.5) is 0 Å². The lowest BCUT2D eigenvalue weighted by Gasteiger charge is -2.10. The molecule has 0 aliphatic heterocycles.